The van der Waals surface area contributed by atoms with E-state index in [1.807, 2.05) is 0 Å². The Morgan fingerprint density at radius 1 is 1.24 bits per heavy atom. The van der Waals surface area contributed by atoms with Crippen molar-refractivity contribution in [2.75, 3.05) is 17.8 Å². The largest absolute Gasteiger partial charge is 0.301 e. The van der Waals surface area contributed by atoms with Crippen LogP contribution in [0.2, 0.25) is 10.3 Å². The number of aromatic nitrogens is 2. The molecule has 0 spiro atoms. The lowest BCUT2D eigenvalue weighted by molar-refractivity contribution is 0.449. The molecule has 0 atom stereocenters. The maximum atomic E-state index is 11.9. The van der Waals surface area contributed by atoms with Gasteiger partial charge in [0.2, 0.25) is 0 Å². The second-order valence-corrected chi connectivity index (χ2v) is 5.41. The first-order valence-corrected chi connectivity index (χ1v) is 7.05. The molecule has 0 aliphatic heterocycles. The minimum Gasteiger partial charge on any atom is -0.265 e. The zero-order valence-electron chi connectivity index (χ0n) is 9.31. The smallest absolute Gasteiger partial charge is 0.265 e. The third kappa shape index (κ3) is 3.41. The predicted octanol–water partition coefficient (Wildman–Crippen LogP) is 1.78. The second-order valence-electron chi connectivity index (χ2n) is 3.02. The average molecular weight is 299 g/mol. The summed E-state index contributed by atoms with van der Waals surface area (Å²) < 4.78 is 27.3. The number of rotatable bonds is 5. The Bertz CT molecular complexity index is 470. The third-order valence-electron chi connectivity index (χ3n) is 2.03. The minimum absolute atomic E-state index is 0.0114. The molecule has 0 fully saturated rings. The molecule has 9 heteroatoms. The Balaban J connectivity index is 3.06. The number of nitrogens with zero attached hydrogens (tertiary/aromatic N) is 3. The van der Waals surface area contributed by atoms with Gasteiger partial charge in [-0.2, -0.15) is 12.7 Å². The standard InChI is InChI=1S/C8H12Cl2N4O2S/c1-3-14(4-2)17(15,16)13-6-7(9)11-5-12-8(6)10/h5,13H,3-4H2,1-2H3. The van der Waals surface area contributed by atoms with Gasteiger partial charge in [-0.3, -0.25) is 4.72 Å². The van der Waals surface area contributed by atoms with Gasteiger partial charge >= 0.3 is 10.2 Å². The highest BCUT2D eigenvalue weighted by Gasteiger charge is 2.21. The molecule has 1 rings (SSSR count). The zero-order chi connectivity index (χ0) is 13.1. The molecule has 0 unspecified atom stereocenters. The Morgan fingerprint density at radius 3 is 2.12 bits per heavy atom. The fraction of sp³-hybridized carbons (Fsp3) is 0.500. The van der Waals surface area contributed by atoms with Crippen LogP contribution in [0, 0.1) is 0 Å². The Labute approximate surface area is 110 Å². The van der Waals surface area contributed by atoms with E-state index in [0.29, 0.717) is 13.1 Å². The van der Waals surface area contributed by atoms with Crippen molar-refractivity contribution < 1.29 is 8.42 Å². The summed E-state index contributed by atoms with van der Waals surface area (Å²) in [5, 5.41) is -0.0820. The molecule has 1 aromatic heterocycles. The Hall–Kier alpha value is -0.630. The third-order valence-corrected chi connectivity index (χ3v) is 4.26. The van der Waals surface area contributed by atoms with E-state index in [1.165, 1.54) is 4.31 Å². The maximum Gasteiger partial charge on any atom is 0.301 e. The van der Waals surface area contributed by atoms with Gasteiger partial charge in [0.05, 0.1) is 0 Å². The molecule has 1 N–H and O–H groups in total. The van der Waals surface area contributed by atoms with Crippen molar-refractivity contribution in [2.45, 2.75) is 13.8 Å². The van der Waals surface area contributed by atoms with Crippen molar-refractivity contribution in [2.24, 2.45) is 0 Å². The van der Waals surface area contributed by atoms with Gasteiger partial charge in [-0.15, -0.1) is 0 Å². The summed E-state index contributed by atoms with van der Waals surface area (Å²) in [4.78, 5) is 7.32. The van der Waals surface area contributed by atoms with Crippen LogP contribution in [0.5, 0.6) is 0 Å². The molecule has 1 aromatic rings. The van der Waals surface area contributed by atoms with Crippen LogP contribution in [0.1, 0.15) is 13.8 Å². The lowest BCUT2D eigenvalue weighted by atomic mass is 10.6. The summed E-state index contributed by atoms with van der Waals surface area (Å²) in [6.07, 6.45) is 1.15. The Morgan fingerprint density at radius 2 is 1.71 bits per heavy atom. The highest BCUT2D eigenvalue weighted by molar-refractivity contribution is 7.90. The molecule has 0 amide bonds. The van der Waals surface area contributed by atoms with Crippen LogP contribution in [-0.2, 0) is 10.2 Å². The van der Waals surface area contributed by atoms with Crippen LogP contribution in [0.25, 0.3) is 0 Å². The van der Waals surface area contributed by atoms with E-state index >= 15 is 0 Å². The SMILES string of the molecule is CCN(CC)S(=O)(=O)Nc1c(Cl)ncnc1Cl. The van der Waals surface area contributed by atoms with Crippen LogP contribution in [0.15, 0.2) is 6.33 Å². The van der Waals surface area contributed by atoms with Gasteiger partial charge in [0.25, 0.3) is 0 Å². The fourth-order valence-corrected chi connectivity index (χ4v) is 2.97. The topological polar surface area (TPSA) is 75.2 Å². The predicted molar refractivity (Wildman–Crippen MR) is 67.5 cm³/mol. The van der Waals surface area contributed by atoms with Crippen molar-refractivity contribution in [3.05, 3.63) is 16.6 Å². The van der Waals surface area contributed by atoms with Gasteiger partial charge in [0.1, 0.15) is 12.0 Å². The highest BCUT2D eigenvalue weighted by Crippen LogP contribution is 2.27. The first-order valence-electron chi connectivity index (χ1n) is 4.86. The molecule has 0 saturated carbocycles. The van der Waals surface area contributed by atoms with E-state index in [1.54, 1.807) is 13.8 Å². The minimum atomic E-state index is -3.69. The lowest BCUT2D eigenvalue weighted by Crippen LogP contribution is -2.35. The van der Waals surface area contributed by atoms with Gasteiger partial charge < -0.3 is 0 Å². The van der Waals surface area contributed by atoms with Gasteiger partial charge in [-0.1, -0.05) is 37.0 Å². The summed E-state index contributed by atoms with van der Waals surface area (Å²) in [7, 11) is -3.69. The summed E-state index contributed by atoms with van der Waals surface area (Å²) in [6.45, 7) is 4.14. The molecular formula is C8H12Cl2N4O2S. The molecule has 0 radical (unpaired) electrons. The maximum absolute atomic E-state index is 11.9. The van der Waals surface area contributed by atoms with Crippen molar-refractivity contribution >= 4 is 39.1 Å². The van der Waals surface area contributed by atoms with Crippen LogP contribution < -0.4 is 4.72 Å². The van der Waals surface area contributed by atoms with Crippen LogP contribution in [0.3, 0.4) is 0 Å². The van der Waals surface area contributed by atoms with Crippen molar-refractivity contribution in [3.63, 3.8) is 0 Å². The van der Waals surface area contributed by atoms with E-state index in [9.17, 15) is 8.42 Å². The fourth-order valence-electron chi connectivity index (χ4n) is 1.19. The van der Waals surface area contributed by atoms with E-state index in [-0.39, 0.29) is 16.0 Å². The second kappa shape index (κ2) is 5.81. The van der Waals surface area contributed by atoms with Gasteiger partial charge in [0, 0.05) is 13.1 Å². The number of hydrogen-bond donors (Lipinski definition) is 1. The Kier molecular flexibility index (Phi) is 4.93. The van der Waals surface area contributed by atoms with E-state index in [4.69, 9.17) is 23.2 Å². The zero-order valence-corrected chi connectivity index (χ0v) is 11.6. The summed E-state index contributed by atoms with van der Waals surface area (Å²) in [5.74, 6) is 0. The van der Waals surface area contributed by atoms with Crippen LogP contribution in [0.4, 0.5) is 5.69 Å². The molecule has 1 heterocycles. The monoisotopic (exact) mass is 298 g/mol. The van der Waals surface area contributed by atoms with Crippen LogP contribution >= 0.6 is 23.2 Å². The highest BCUT2D eigenvalue weighted by atomic mass is 35.5. The van der Waals surface area contributed by atoms with E-state index in [2.05, 4.69) is 14.7 Å². The first kappa shape index (κ1) is 14.4. The van der Waals surface area contributed by atoms with E-state index < -0.39 is 10.2 Å². The molecule has 0 saturated heterocycles. The molecule has 0 aliphatic rings. The first-order chi connectivity index (χ1) is 7.92. The normalized spacial score (nSPS) is 11.8. The summed E-state index contributed by atoms with van der Waals surface area (Å²) in [6, 6.07) is 0. The number of nitrogens with one attached hydrogen (secondary N) is 1. The lowest BCUT2D eigenvalue weighted by Gasteiger charge is -2.19. The van der Waals surface area contributed by atoms with E-state index in [0.717, 1.165) is 6.33 Å². The summed E-state index contributed by atoms with van der Waals surface area (Å²) >= 11 is 11.5. The molecule has 6 nitrogen and oxygen atoms in total. The average Bonchev–Trinajstić information content (AvgIpc) is 2.25. The molecule has 0 aliphatic carbocycles. The molecule has 17 heavy (non-hydrogen) atoms. The van der Waals surface area contributed by atoms with Gasteiger partial charge in [0.15, 0.2) is 10.3 Å². The van der Waals surface area contributed by atoms with Gasteiger partial charge in [-0.05, 0) is 0 Å². The summed E-state index contributed by atoms with van der Waals surface area (Å²) in [5.41, 5.74) is -0.0114. The molecule has 0 aromatic carbocycles. The quantitative estimate of drug-likeness (QED) is 0.841. The number of anilines is 1. The van der Waals surface area contributed by atoms with Crippen LogP contribution in [-0.4, -0.2) is 35.8 Å². The van der Waals surface area contributed by atoms with Crippen molar-refractivity contribution in [3.8, 4) is 0 Å². The van der Waals surface area contributed by atoms with Crippen molar-refractivity contribution in [1.82, 2.24) is 14.3 Å². The molecule has 96 valence electrons. The van der Waals surface area contributed by atoms with Crippen molar-refractivity contribution in [1.29, 1.82) is 0 Å². The van der Waals surface area contributed by atoms with Gasteiger partial charge in [-0.25, -0.2) is 9.97 Å². The number of halogens is 2. The molecule has 0 bridgehead atoms. The number of hydrogen-bond acceptors (Lipinski definition) is 4. The molecular weight excluding hydrogens is 287 g/mol.